The van der Waals surface area contributed by atoms with Gasteiger partial charge in [-0.2, -0.15) is 16.7 Å². The van der Waals surface area contributed by atoms with E-state index in [2.05, 4.69) is 20.6 Å². The number of hydrogen-bond donors (Lipinski definition) is 2. The number of carbonyl (C=O) groups is 1. The molecular weight excluding hydrogens is 362 g/mol. The minimum absolute atomic E-state index is 0.0493. The highest BCUT2D eigenvalue weighted by atomic mass is 32.2. The van der Waals surface area contributed by atoms with Gasteiger partial charge in [0, 0.05) is 25.0 Å². The molecule has 27 heavy (non-hydrogen) atoms. The first kappa shape index (κ1) is 19.3. The average molecular weight is 388 g/mol. The van der Waals surface area contributed by atoms with E-state index in [4.69, 9.17) is 4.74 Å². The zero-order valence-corrected chi connectivity index (χ0v) is 16.5. The fourth-order valence-corrected chi connectivity index (χ4v) is 3.42. The van der Waals surface area contributed by atoms with Crippen LogP contribution in [0.15, 0.2) is 36.5 Å². The number of rotatable bonds is 8. The van der Waals surface area contributed by atoms with Crippen LogP contribution in [0.25, 0.3) is 0 Å². The van der Waals surface area contributed by atoms with Gasteiger partial charge in [-0.3, -0.25) is 4.79 Å². The van der Waals surface area contributed by atoms with Crippen molar-refractivity contribution in [1.82, 2.24) is 15.3 Å². The Balaban J connectivity index is 1.73. The Bertz CT molecular complexity index is 773. The second-order valence-electron chi connectivity index (χ2n) is 6.20. The van der Waals surface area contributed by atoms with Crippen LogP contribution in [-0.2, 0) is 4.79 Å². The Kier molecular flexibility index (Phi) is 6.75. The third kappa shape index (κ3) is 4.82. The highest BCUT2D eigenvalue weighted by Crippen LogP contribution is 2.28. The summed E-state index contributed by atoms with van der Waals surface area (Å²) >= 11 is 1.72. The van der Waals surface area contributed by atoms with Gasteiger partial charge in [0.25, 0.3) is 0 Å². The standard InChI is InChI=1S/C19H25N5O2S/c1-26-16-8-4-3-6-14(16)22-17-9-10-21-19(23-17)24-12-5-7-15(24)18(25)20-11-13-27-2/h3-4,6,8-10,15H,5,7,11-13H2,1-2H3,(H,20,25)(H,21,22,23)/t15-/m0/s1. The van der Waals surface area contributed by atoms with Crippen molar-refractivity contribution < 1.29 is 9.53 Å². The van der Waals surface area contributed by atoms with E-state index in [1.165, 1.54) is 0 Å². The summed E-state index contributed by atoms with van der Waals surface area (Å²) in [6.07, 6.45) is 5.51. The van der Waals surface area contributed by atoms with Crippen LogP contribution in [0.1, 0.15) is 12.8 Å². The van der Waals surface area contributed by atoms with Gasteiger partial charge in [0.05, 0.1) is 12.8 Å². The maximum absolute atomic E-state index is 12.5. The molecule has 1 aliphatic heterocycles. The van der Waals surface area contributed by atoms with Crippen LogP contribution in [0.2, 0.25) is 0 Å². The van der Waals surface area contributed by atoms with Crippen molar-refractivity contribution in [1.29, 1.82) is 0 Å². The third-order valence-electron chi connectivity index (χ3n) is 4.43. The Morgan fingerprint density at radius 3 is 3.04 bits per heavy atom. The van der Waals surface area contributed by atoms with Crippen LogP contribution in [0.4, 0.5) is 17.5 Å². The quantitative estimate of drug-likeness (QED) is 0.674. The first-order valence-corrected chi connectivity index (χ1v) is 10.4. The van der Waals surface area contributed by atoms with Gasteiger partial charge < -0.3 is 20.3 Å². The normalized spacial score (nSPS) is 16.2. The van der Waals surface area contributed by atoms with Crippen LogP contribution in [0, 0.1) is 0 Å². The van der Waals surface area contributed by atoms with Crippen molar-refractivity contribution >= 4 is 35.1 Å². The smallest absolute Gasteiger partial charge is 0.242 e. The van der Waals surface area contributed by atoms with Gasteiger partial charge in [0.1, 0.15) is 17.6 Å². The minimum Gasteiger partial charge on any atom is -0.495 e. The van der Waals surface area contributed by atoms with Crippen molar-refractivity contribution in [2.75, 3.05) is 42.4 Å². The molecule has 1 amide bonds. The molecule has 2 N–H and O–H groups in total. The van der Waals surface area contributed by atoms with Crippen LogP contribution >= 0.6 is 11.8 Å². The summed E-state index contributed by atoms with van der Waals surface area (Å²) in [7, 11) is 1.64. The number of nitrogens with one attached hydrogen (secondary N) is 2. The Morgan fingerprint density at radius 1 is 1.37 bits per heavy atom. The van der Waals surface area contributed by atoms with Gasteiger partial charge in [0.2, 0.25) is 11.9 Å². The fraction of sp³-hybridized carbons (Fsp3) is 0.421. The molecule has 0 bridgehead atoms. The molecule has 2 aromatic rings. The molecule has 0 radical (unpaired) electrons. The van der Waals surface area contributed by atoms with Crippen LogP contribution in [0.3, 0.4) is 0 Å². The topological polar surface area (TPSA) is 79.4 Å². The number of amides is 1. The highest BCUT2D eigenvalue weighted by Gasteiger charge is 2.32. The molecular formula is C19H25N5O2S. The number of hydrogen-bond acceptors (Lipinski definition) is 7. The summed E-state index contributed by atoms with van der Waals surface area (Å²) in [5, 5.41) is 6.27. The number of methoxy groups -OCH3 is 1. The van der Waals surface area contributed by atoms with Gasteiger partial charge in [-0.05, 0) is 37.3 Å². The van der Waals surface area contributed by atoms with E-state index in [1.807, 2.05) is 35.4 Å². The summed E-state index contributed by atoms with van der Waals surface area (Å²) in [4.78, 5) is 23.5. The Hall–Kier alpha value is -2.48. The van der Waals surface area contributed by atoms with E-state index in [0.29, 0.717) is 18.3 Å². The van der Waals surface area contributed by atoms with Crippen LogP contribution < -0.4 is 20.3 Å². The monoisotopic (exact) mass is 387 g/mol. The lowest BCUT2D eigenvalue weighted by molar-refractivity contribution is -0.122. The summed E-state index contributed by atoms with van der Waals surface area (Å²) in [5.41, 5.74) is 0.831. The molecule has 8 heteroatoms. The number of ether oxygens (including phenoxy) is 1. The van der Waals surface area contributed by atoms with Crippen molar-refractivity contribution in [2.24, 2.45) is 0 Å². The Morgan fingerprint density at radius 2 is 2.22 bits per heavy atom. The molecule has 7 nitrogen and oxygen atoms in total. The lowest BCUT2D eigenvalue weighted by Crippen LogP contribution is -2.44. The lowest BCUT2D eigenvalue weighted by atomic mass is 10.2. The third-order valence-corrected chi connectivity index (χ3v) is 5.04. The molecule has 1 saturated heterocycles. The maximum Gasteiger partial charge on any atom is 0.242 e. The van der Waals surface area contributed by atoms with Crippen molar-refractivity contribution in [3.05, 3.63) is 36.5 Å². The van der Waals surface area contributed by atoms with Crippen molar-refractivity contribution in [3.63, 3.8) is 0 Å². The molecule has 0 aliphatic carbocycles. The van der Waals surface area contributed by atoms with Gasteiger partial charge in [0.15, 0.2) is 0 Å². The molecule has 0 unspecified atom stereocenters. The largest absolute Gasteiger partial charge is 0.495 e. The second kappa shape index (κ2) is 9.45. The molecule has 1 aromatic carbocycles. The highest BCUT2D eigenvalue weighted by molar-refractivity contribution is 7.98. The SMILES string of the molecule is COc1ccccc1Nc1ccnc(N2CCC[C@H]2C(=O)NCCSC)n1. The molecule has 1 aliphatic rings. The number of para-hydroxylation sites is 2. The number of thioether (sulfide) groups is 1. The number of aromatic nitrogens is 2. The summed E-state index contributed by atoms with van der Waals surface area (Å²) in [5.74, 6) is 2.93. The van der Waals surface area contributed by atoms with E-state index < -0.39 is 0 Å². The summed E-state index contributed by atoms with van der Waals surface area (Å²) in [6, 6.07) is 9.26. The minimum atomic E-state index is -0.214. The van der Waals surface area contributed by atoms with Gasteiger partial charge in [-0.15, -0.1) is 0 Å². The van der Waals surface area contributed by atoms with E-state index in [1.54, 1.807) is 31.1 Å². The average Bonchev–Trinajstić information content (AvgIpc) is 3.19. The van der Waals surface area contributed by atoms with E-state index in [9.17, 15) is 4.79 Å². The lowest BCUT2D eigenvalue weighted by Gasteiger charge is -2.24. The predicted octanol–water partition coefficient (Wildman–Crippen LogP) is 2.68. The molecule has 0 spiro atoms. The second-order valence-corrected chi connectivity index (χ2v) is 7.19. The zero-order chi connectivity index (χ0) is 19.1. The van der Waals surface area contributed by atoms with Crippen LogP contribution in [0.5, 0.6) is 5.75 Å². The Labute approximate surface area is 163 Å². The van der Waals surface area contributed by atoms with E-state index in [-0.39, 0.29) is 11.9 Å². The number of anilines is 3. The molecule has 1 fully saturated rings. The van der Waals surface area contributed by atoms with Gasteiger partial charge >= 0.3 is 0 Å². The summed E-state index contributed by atoms with van der Waals surface area (Å²) in [6.45, 7) is 1.46. The number of nitrogens with zero attached hydrogens (tertiary/aromatic N) is 3. The molecule has 2 heterocycles. The summed E-state index contributed by atoms with van der Waals surface area (Å²) < 4.78 is 5.37. The van der Waals surface area contributed by atoms with E-state index >= 15 is 0 Å². The molecule has 3 rings (SSSR count). The van der Waals surface area contributed by atoms with Crippen molar-refractivity contribution in [2.45, 2.75) is 18.9 Å². The first-order valence-electron chi connectivity index (χ1n) is 8.99. The molecule has 144 valence electrons. The number of benzene rings is 1. The van der Waals surface area contributed by atoms with Gasteiger partial charge in [-0.1, -0.05) is 12.1 Å². The van der Waals surface area contributed by atoms with Crippen molar-refractivity contribution in [3.8, 4) is 5.75 Å². The van der Waals surface area contributed by atoms with Crippen LogP contribution in [-0.4, -0.2) is 54.1 Å². The first-order chi connectivity index (χ1) is 13.2. The predicted molar refractivity (Wildman–Crippen MR) is 110 cm³/mol. The maximum atomic E-state index is 12.5. The fourth-order valence-electron chi connectivity index (χ4n) is 3.12. The van der Waals surface area contributed by atoms with E-state index in [0.717, 1.165) is 36.6 Å². The molecule has 1 atom stereocenters. The molecule has 1 aromatic heterocycles. The zero-order valence-electron chi connectivity index (χ0n) is 15.6. The number of carbonyl (C=O) groups excluding carboxylic acids is 1. The molecule has 0 saturated carbocycles. The van der Waals surface area contributed by atoms with Gasteiger partial charge in [-0.25, -0.2) is 4.98 Å².